The first-order valence-corrected chi connectivity index (χ1v) is 16.0. The standard InChI is InChI=1S/C34H35ClO7S/c1-25-17-19-29(20-18-25)43(36,37)42-33-32(40-23-28-15-9-4-10-16-28)31(39-22-27-13-7-3-8-14-27)30(41-34(33)35)24-38-21-26-11-5-2-6-12-26/h2-20,30-34H,21-24H2,1H3/t30-,31-,32+,33-,34?/m1/s1. The maximum atomic E-state index is 13.4. The van der Waals surface area contributed by atoms with E-state index in [0.29, 0.717) is 6.61 Å². The van der Waals surface area contributed by atoms with Gasteiger partial charge in [-0.2, -0.15) is 8.42 Å². The number of hydrogen-bond acceptors (Lipinski definition) is 7. The Labute approximate surface area is 258 Å². The number of alkyl halides is 1. The summed E-state index contributed by atoms with van der Waals surface area (Å²) in [5.41, 5.74) is 2.60. The van der Waals surface area contributed by atoms with E-state index in [1.807, 2.05) is 97.9 Å². The maximum absolute atomic E-state index is 13.4. The lowest BCUT2D eigenvalue weighted by Gasteiger charge is -2.43. The first kappa shape index (κ1) is 31.3. The second-order valence-corrected chi connectivity index (χ2v) is 12.4. The van der Waals surface area contributed by atoms with Gasteiger partial charge in [0.15, 0.2) is 5.56 Å². The minimum absolute atomic E-state index is 0.0128. The Kier molecular flexibility index (Phi) is 11.0. The van der Waals surface area contributed by atoms with Gasteiger partial charge in [0, 0.05) is 0 Å². The first-order valence-electron chi connectivity index (χ1n) is 14.1. The summed E-state index contributed by atoms with van der Waals surface area (Å²) in [6, 6.07) is 35.5. The summed E-state index contributed by atoms with van der Waals surface area (Å²) < 4.78 is 57.7. The number of hydrogen-bond donors (Lipinski definition) is 0. The first-order chi connectivity index (χ1) is 20.9. The van der Waals surface area contributed by atoms with Crippen LogP contribution < -0.4 is 0 Å². The monoisotopic (exact) mass is 622 g/mol. The van der Waals surface area contributed by atoms with Gasteiger partial charge in [0.05, 0.1) is 31.3 Å². The van der Waals surface area contributed by atoms with Crippen LogP contribution in [0, 0.1) is 6.92 Å². The Hall–Kier alpha value is -3.08. The lowest BCUT2D eigenvalue weighted by molar-refractivity contribution is -0.239. The van der Waals surface area contributed by atoms with E-state index in [2.05, 4.69) is 0 Å². The van der Waals surface area contributed by atoms with E-state index in [4.69, 9.17) is 34.7 Å². The highest BCUT2D eigenvalue weighted by atomic mass is 35.5. The zero-order valence-electron chi connectivity index (χ0n) is 23.8. The topological polar surface area (TPSA) is 80.3 Å². The molecule has 226 valence electrons. The highest BCUT2D eigenvalue weighted by Gasteiger charge is 2.49. The quantitative estimate of drug-likeness (QED) is 0.126. The molecule has 0 radical (unpaired) electrons. The lowest BCUT2D eigenvalue weighted by atomic mass is 9.99. The number of ether oxygens (including phenoxy) is 4. The molecule has 1 unspecified atom stereocenters. The van der Waals surface area contributed by atoms with E-state index in [1.54, 1.807) is 12.1 Å². The fourth-order valence-electron chi connectivity index (χ4n) is 4.80. The third-order valence-corrected chi connectivity index (χ3v) is 8.77. The summed E-state index contributed by atoms with van der Waals surface area (Å²) >= 11 is 6.75. The van der Waals surface area contributed by atoms with Crippen LogP contribution in [0.5, 0.6) is 0 Å². The van der Waals surface area contributed by atoms with E-state index in [9.17, 15) is 8.42 Å². The van der Waals surface area contributed by atoms with Gasteiger partial charge in [-0.05, 0) is 35.7 Å². The van der Waals surface area contributed by atoms with Gasteiger partial charge in [0.25, 0.3) is 10.1 Å². The second kappa shape index (κ2) is 15.1. The van der Waals surface area contributed by atoms with Crippen LogP contribution in [0.2, 0.25) is 0 Å². The molecule has 5 rings (SSSR count). The van der Waals surface area contributed by atoms with Crippen LogP contribution in [0.25, 0.3) is 0 Å². The molecule has 0 amide bonds. The molecule has 1 aliphatic heterocycles. The minimum atomic E-state index is -4.22. The smallest absolute Gasteiger partial charge is 0.297 e. The van der Waals surface area contributed by atoms with Crippen molar-refractivity contribution in [2.24, 2.45) is 0 Å². The molecule has 1 saturated heterocycles. The predicted molar refractivity (Wildman–Crippen MR) is 164 cm³/mol. The molecule has 4 aromatic rings. The van der Waals surface area contributed by atoms with Crippen LogP contribution >= 0.6 is 11.6 Å². The second-order valence-electron chi connectivity index (χ2n) is 10.4. The largest absolute Gasteiger partial charge is 0.374 e. The molecule has 1 fully saturated rings. The normalized spacial score (nSPS) is 22.3. The van der Waals surface area contributed by atoms with Gasteiger partial charge in [-0.15, -0.1) is 0 Å². The zero-order valence-corrected chi connectivity index (χ0v) is 25.4. The zero-order chi connectivity index (χ0) is 30.1. The Morgan fingerprint density at radius 2 is 1.14 bits per heavy atom. The Balaban J connectivity index is 1.42. The fraction of sp³-hybridized carbons (Fsp3) is 0.294. The third kappa shape index (κ3) is 8.74. The highest BCUT2D eigenvalue weighted by molar-refractivity contribution is 7.86. The molecule has 9 heteroatoms. The predicted octanol–water partition coefficient (Wildman–Crippen LogP) is 6.42. The maximum Gasteiger partial charge on any atom is 0.297 e. The number of rotatable bonds is 13. The molecule has 43 heavy (non-hydrogen) atoms. The van der Waals surface area contributed by atoms with E-state index < -0.39 is 40.1 Å². The molecule has 0 N–H and O–H groups in total. The molecule has 1 aliphatic rings. The van der Waals surface area contributed by atoms with Crippen molar-refractivity contribution in [3.63, 3.8) is 0 Å². The van der Waals surface area contributed by atoms with Gasteiger partial charge in [-0.3, -0.25) is 4.18 Å². The van der Waals surface area contributed by atoms with Gasteiger partial charge < -0.3 is 18.9 Å². The van der Waals surface area contributed by atoms with Crippen LogP contribution in [0.4, 0.5) is 0 Å². The van der Waals surface area contributed by atoms with Crippen molar-refractivity contribution >= 4 is 21.7 Å². The summed E-state index contributed by atoms with van der Waals surface area (Å²) in [6.45, 7) is 2.79. The summed E-state index contributed by atoms with van der Waals surface area (Å²) in [5.74, 6) is 0. The molecule has 0 aromatic heterocycles. The van der Waals surface area contributed by atoms with Crippen molar-refractivity contribution in [1.29, 1.82) is 0 Å². The lowest BCUT2D eigenvalue weighted by Crippen LogP contribution is -2.60. The summed E-state index contributed by atoms with van der Waals surface area (Å²) in [7, 11) is -4.22. The average Bonchev–Trinajstić information content (AvgIpc) is 3.02. The van der Waals surface area contributed by atoms with Crippen LogP contribution in [-0.4, -0.2) is 45.0 Å². The number of benzene rings is 4. The fourth-order valence-corrected chi connectivity index (χ4v) is 6.27. The molecule has 0 aliphatic carbocycles. The van der Waals surface area contributed by atoms with Crippen molar-refractivity contribution in [3.8, 4) is 0 Å². The number of halogens is 1. The SMILES string of the molecule is Cc1ccc(S(=O)(=O)O[C@H]2C(Cl)O[C@H](COCc3ccccc3)[C@@H](OCc3ccccc3)[C@@H]2OCc2ccccc2)cc1. The van der Waals surface area contributed by atoms with Crippen LogP contribution in [0.1, 0.15) is 22.3 Å². The summed E-state index contributed by atoms with van der Waals surface area (Å²) in [6.07, 6.45) is -3.56. The molecule has 4 aromatic carbocycles. The van der Waals surface area contributed by atoms with Gasteiger partial charge >= 0.3 is 0 Å². The summed E-state index contributed by atoms with van der Waals surface area (Å²) in [4.78, 5) is 0.0128. The minimum Gasteiger partial charge on any atom is -0.374 e. The molecule has 1 heterocycles. The van der Waals surface area contributed by atoms with E-state index in [1.165, 1.54) is 12.1 Å². The van der Waals surface area contributed by atoms with Crippen molar-refractivity contribution in [2.75, 3.05) is 6.61 Å². The Bertz CT molecular complexity index is 1500. The molecule has 0 saturated carbocycles. The molecule has 5 atom stereocenters. The van der Waals surface area contributed by atoms with E-state index >= 15 is 0 Å². The van der Waals surface area contributed by atoms with Crippen molar-refractivity contribution in [3.05, 3.63) is 138 Å². The number of aryl methyl sites for hydroxylation is 1. The van der Waals surface area contributed by atoms with Gasteiger partial charge in [-0.1, -0.05) is 120 Å². The molecule has 7 nitrogen and oxygen atoms in total. The van der Waals surface area contributed by atoms with E-state index in [-0.39, 0.29) is 24.7 Å². The third-order valence-electron chi connectivity index (χ3n) is 7.09. The Morgan fingerprint density at radius 3 is 1.67 bits per heavy atom. The molecular formula is C34H35ClO7S. The van der Waals surface area contributed by atoms with E-state index in [0.717, 1.165) is 22.3 Å². The van der Waals surface area contributed by atoms with Crippen LogP contribution in [-0.2, 0) is 53.1 Å². The average molecular weight is 623 g/mol. The van der Waals surface area contributed by atoms with Gasteiger partial charge in [0.1, 0.15) is 24.4 Å². The molecular weight excluding hydrogens is 588 g/mol. The molecule has 0 bridgehead atoms. The highest BCUT2D eigenvalue weighted by Crippen LogP contribution is 2.34. The van der Waals surface area contributed by atoms with Crippen molar-refractivity contribution in [1.82, 2.24) is 0 Å². The van der Waals surface area contributed by atoms with Crippen molar-refractivity contribution < 1.29 is 31.5 Å². The van der Waals surface area contributed by atoms with Gasteiger partial charge in [-0.25, -0.2) is 0 Å². The summed E-state index contributed by atoms with van der Waals surface area (Å²) in [5, 5.41) is 0. The van der Waals surface area contributed by atoms with Crippen molar-refractivity contribution in [2.45, 2.75) is 61.6 Å². The Morgan fingerprint density at radius 1 is 0.651 bits per heavy atom. The van der Waals surface area contributed by atoms with Gasteiger partial charge in [0.2, 0.25) is 0 Å². The van der Waals surface area contributed by atoms with Crippen LogP contribution in [0.3, 0.4) is 0 Å². The molecule has 0 spiro atoms. The van der Waals surface area contributed by atoms with Crippen LogP contribution in [0.15, 0.2) is 120 Å².